The lowest BCUT2D eigenvalue weighted by Gasteiger charge is -0.154. The van der Waals surface area contributed by atoms with E-state index in [1.54, 1.807) is 0 Å². The molecule has 0 aliphatic heterocycles. The molecule has 34 valence electrons. The van der Waals surface area contributed by atoms with E-state index in [0.29, 0.717) is 0 Å². The van der Waals surface area contributed by atoms with Crippen molar-refractivity contribution in [2.24, 2.45) is 0 Å². The first-order valence-corrected chi connectivity index (χ1v) is 0. The number of rotatable bonds is 0. The quantitative estimate of drug-likeness (QED) is 0.427. The molecule has 0 heterocycles. The van der Waals surface area contributed by atoms with Gasteiger partial charge in [-0.15, -0.1) is 0 Å². The summed E-state index contributed by atoms with van der Waals surface area (Å²) in [5.74, 6) is 0. The first kappa shape index (κ1) is 43.1. The standard InChI is InChI=1S/4H3P.H2/h4*1H3;1H. The van der Waals surface area contributed by atoms with Crippen LogP contribution in [0.3, 0.4) is 0 Å². The van der Waals surface area contributed by atoms with Crippen molar-refractivity contribution < 1.29 is 1.43 Å². The zero-order valence-electron chi connectivity index (χ0n) is 2.83. The molecule has 4 heteroatoms. The van der Waals surface area contributed by atoms with Crippen molar-refractivity contribution in [3.63, 3.8) is 0 Å². The Kier molecular flexibility index (Phi) is 238. The molecule has 0 radical (unpaired) electrons. The molecule has 0 bridgehead atoms. The molecule has 4 unspecified atom stereocenters. The van der Waals surface area contributed by atoms with Gasteiger partial charge in [-0.05, 0) is 0 Å². The Labute approximate surface area is 41.9 Å². The molecule has 0 saturated heterocycles. The Balaban J connectivity index is 0. The second kappa shape index (κ2) is 22.1. The van der Waals surface area contributed by atoms with Gasteiger partial charge in [-0.1, -0.05) is 0 Å². The molecule has 0 aromatic rings. The summed E-state index contributed by atoms with van der Waals surface area (Å²) in [6.07, 6.45) is 0. The molecule has 0 aromatic heterocycles. The van der Waals surface area contributed by atoms with Crippen LogP contribution in [0, 0.1) is 0 Å². The highest BCUT2D eigenvalue weighted by molar-refractivity contribution is 6.92. The second-order valence-electron chi connectivity index (χ2n) is 0. The van der Waals surface area contributed by atoms with Crippen LogP contribution in [0.25, 0.3) is 0 Å². The van der Waals surface area contributed by atoms with Crippen LogP contribution in [0.15, 0.2) is 0 Å². The fourth-order valence-electron chi connectivity index (χ4n) is 0. The van der Waals surface area contributed by atoms with Crippen molar-refractivity contribution in [3.05, 3.63) is 0 Å². The molecule has 0 aliphatic carbocycles. The smallest absolute Gasteiger partial charge is 0 e. The number of hydrogen-bond acceptors (Lipinski definition) is 0. The van der Waals surface area contributed by atoms with Crippen molar-refractivity contribution in [1.29, 1.82) is 0 Å². The third-order valence-electron chi connectivity index (χ3n) is 0. The summed E-state index contributed by atoms with van der Waals surface area (Å²) in [7, 11) is 0. The van der Waals surface area contributed by atoms with Crippen molar-refractivity contribution >= 4 is 39.6 Å². The lowest BCUT2D eigenvalue weighted by atomic mass is 31.0. The average molecular weight is 138 g/mol. The van der Waals surface area contributed by atoms with E-state index in [4.69, 9.17) is 0 Å². The van der Waals surface area contributed by atoms with Crippen LogP contribution < -0.4 is 0 Å². The van der Waals surface area contributed by atoms with Crippen LogP contribution >= 0.6 is 39.6 Å². The SMILES string of the molecule is P.P.P.P.[HH]. The average Bonchev–Trinajstić information content (AvgIpc) is 0. The largest absolute Gasteiger partial charge is 0.153 e. The Morgan fingerprint density at radius 1 is 0.500 bits per heavy atom. The van der Waals surface area contributed by atoms with Gasteiger partial charge in [0.1, 0.15) is 0 Å². The van der Waals surface area contributed by atoms with Crippen molar-refractivity contribution in [2.45, 2.75) is 0 Å². The van der Waals surface area contributed by atoms with Gasteiger partial charge >= 0.3 is 0 Å². The van der Waals surface area contributed by atoms with E-state index in [1.165, 1.54) is 0 Å². The lowest BCUT2D eigenvalue weighted by Crippen LogP contribution is 0.860. The van der Waals surface area contributed by atoms with Crippen molar-refractivity contribution in [2.75, 3.05) is 0 Å². The van der Waals surface area contributed by atoms with Gasteiger partial charge in [0.05, 0.1) is 0 Å². The van der Waals surface area contributed by atoms with E-state index >= 15 is 0 Å². The van der Waals surface area contributed by atoms with E-state index in [2.05, 4.69) is 0 Å². The van der Waals surface area contributed by atoms with Gasteiger partial charge < -0.3 is 0 Å². The fourth-order valence-corrected chi connectivity index (χ4v) is 0. The molecular weight excluding hydrogens is 124 g/mol. The zero-order chi connectivity index (χ0) is 0. The van der Waals surface area contributed by atoms with Crippen LogP contribution in [0.5, 0.6) is 0 Å². The summed E-state index contributed by atoms with van der Waals surface area (Å²) < 4.78 is 0. The third kappa shape index (κ3) is 9.30. The van der Waals surface area contributed by atoms with Gasteiger partial charge in [0.2, 0.25) is 0 Å². The predicted molar refractivity (Wildman–Crippen MR) is 46.5 cm³/mol. The molecule has 0 amide bonds. The molecule has 4 atom stereocenters. The molecular formula is H14P4. The first-order chi connectivity index (χ1) is 0. The Morgan fingerprint density at radius 3 is 0.500 bits per heavy atom. The highest BCUT2D eigenvalue weighted by atomic mass is 31.0. The van der Waals surface area contributed by atoms with E-state index in [9.17, 15) is 0 Å². The first-order valence-electron chi connectivity index (χ1n) is 0. The van der Waals surface area contributed by atoms with E-state index in [-0.39, 0.29) is 41.0 Å². The van der Waals surface area contributed by atoms with E-state index < -0.39 is 0 Å². The molecule has 0 aliphatic rings. The molecule has 4 heavy (non-hydrogen) atoms. The van der Waals surface area contributed by atoms with Gasteiger partial charge in [-0.25, -0.2) is 0 Å². The summed E-state index contributed by atoms with van der Waals surface area (Å²) in [6.45, 7) is 0. The maximum atomic E-state index is 0. The van der Waals surface area contributed by atoms with Crippen LogP contribution in [-0.4, -0.2) is 0 Å². The second-order valence-corrected chi connectivity index (χ2v) is 0. The Hall–Kier alpha value is 1.72. The molecule has 0 fully saturated rings. The minimum absolute atomic E-state index is 0. The summed E-state index contributed by atoms with van der Waals surface area (Å²) in [5.41, 5.74) is 0. The van der Waals surface area contributed by atoms with Crippen molar-refractivity contribution in [1.82, 2.24) is 0 Å². The molecule has 0 rings (SSSR count). The van der Waals surface area contributed by atoms with E-state index in [1.807, 2.05) is 0 Å². The van der Waals surface area contributed by atoms with Gasteiger partial charge in [-0.2, -0.15) is 39.6 Å². The summed E-state index contributed by atoms with van der Waals surface area (Å²) in [4.78, 5) is 0. The molecule has 0 aromatic carbocycles. The summed E-state index contributed by atoms with van der Waals surface area (Å²) in [6, 6.07) is 0. The molecule has 0 nitrogen and oxygen atoms in total. The lowest BCUT2D eigenvalue weighted by molar-refractivity contribution is 6.92. The van der Waals surface area contributed by atoms with Gasteiger partial charge in [0.25, 0.3) is 0 Å². The van der Waals surface area contributed by atoms with Crippen LogP contribution in [0.1, 0.15) is 1.43 Å². The van der Waals surface area contributed by atoms with Crippen LogP contribution in [-0.2, 0) is 0 Å². The highest BCUT2D eigenvalue weighted by Gasteiger charge is -0.150. The number of hydrogen-bond donors (Lipinski definition) is 0. The zero-order valence-corrected chi connectivity index (χ0v) is 8.49. The maximum Gasteiger partial charge on any atom is 0 e. The highest BCUT2D eigenvalue weighted by Crippen LogP contribution is 0.864. The van der Waals surface area contributed by atoms with Gasteiger partial charge in [0, 0.05) is 1.43 Å². The van der Waals surface area contributed by atoms with Gasteiger partial charge in [-0.3, -0.25) is 0 Å². The van der Waals surface area contributed by atoms with Crippen LogP contribution in [0.2, 0.25) is 0 Å². The summed E-state index contributed by atoms with van der Waals surface area (Å²) in [5, 5.41) is 0. The van der Waals surface area contributed by atoms with E-state index in [0.717, 1.165) is 0 Å². The predicted octanol–water partition coefficient (Wildman–Crippen LogP) is 0.478. The molecule has 0 N–H and O–H groups in total. The molecule has 0 spiro atoms. The normalized spacial score (nSPS) is 0. The Bertz CT molecular complexity index is 3.61. The minimum Gasteiger partial charge on any atom is -0.153 e. The fraction of sp³-hybridized carbons (Fsp3) is 0. The minimum atomic E-state index is 0. The Morgan fingerprint density at radius 2 is 0.500 bits per heavy atom. The molecule has 0 saturated carbocycles. The topological polar surface area (TPSA) is 0 Å². The monoisotopic (exact) mass is 138 g/mol. The van der Waals surface area contributed by atoms with Crippen molar-refractivity contribution in [3.8, 4) is 0 Å². The van der Waals surface area contributed by atoms with Gasteiger partial charge in [0.15, 0.2) is 0 Å². The van der Waals surface area contributed by atoms with Crippen LogP contribution in [0.4, 0.5) is 0 Å². The summed E-state index contributed by atoms with van der Waals surface area (Å²) >= 11 is 0. The maximum absolute atomic E-state index is 0. The third-order valence-corrected chi connectivity index (χ3v) is 0.